The Bertz CT molecular complexity index is 1360. The Morgan fingerprint density at radius 3 is 2.33 bits per heavy atom. The number of hydrogen-bond donors (Lipinski definition) is 1. The van der Waals surface area contributed by atoms with Crippen LogP contribution in [0.2, 0.25) is 0 Å². The molecule has 182 valence electrons. The quantitative estimate of drug-likeness (QED) is 0.148. The zero-order valence-electron chi connectivity index (χ0n) is 19.3. The summed E-state index contributed by atoms with van der Waals surface area (Å²) in [5.41, 5.74) is 4.67. The molecule has 0 radical (unpaired) electrons. The molecule has 1 saturated heterocycles. The predicted octanol–water partition coefficient (Wildman–Crippen LogP) is 6.51. The number of carbonyl (C=O) groups excluding carboxylic acids is 2. The number of aryl methyl sites for hydroxylation is 1. The number of amides is 2. The third kappa shape index (κ3) is 5.14. The molecule has 3 aromatic carbocycles. The van der Waals surface area contributed by atoms with Gasteiger partial charge in [0.1, 0.15) is 5.25 Å². The largest absolute Gasteiger partial charge is 0.277 e. The van der Waals surface area contributed by atoms with Crippen LogP contribution in [0.15, 0.2) is 82.4 Å². The molecule has 9 heteroatoms. The van der Waals surface area contributed by atoms with E-state index < -0.39 is 5.25 Å². The summed E-state index contributed by atoms with van der Waals surface area (Å²) in [5, 5.41) is 14.9. The molecule has 6 nitrogen and oxygen atoms in total. The second-order valence-corrected chi connectivity index (χ2v) is 12.0. The third-order valence-corrected chi connectivity index (χ3v) is 8.51. The molecule has 2 atom stereocenters. The maximum absolute atomic E-state index is 13.2. The van der Waals surface area contributed by atoms with E-state index >= 15 is 0 Å². The highest BCUT2D eigenvalue weighted by molar-refractivity contribution is 14.1. The molecular weight excluding hydrogens is 651 g/mol. The molecule has 3 aromatic rings. The van der Waals surface area contributed by atoms with Crippen molar-refractivity contribution in [1.29, 1.82) is 5.41 Å². The lowest BCUT2D eigenvalue weighted by molar-refractivity contribution is -0.121. The van der Waals surface area contributed by atoms with E-state index in [2.05, 4.69) is 50.7 Å². The van der Waals surface area contributed by atoms with Gasteiger partial charge >= 0.3 is 0 Å². The van der Waals surface area contributed by atoms with Crippen molar-refractivity contribution in [3.63, 3.8) is 0 Å². The highest BCUT2D eigenvalue weighted by Crippen LogP contribution is 2.38. The van der Waals surface area contributed by atoms with Crippen LogP contribution in [-0.4, -0.2) is 33.0 Å². The minimum atomic E-state index is -0.659. The van der Waals surface area contributed by atoms with Crippen molar-refractivity contribution in [1.82, 2.24) is 5.01 Å². The van der Waals surface area contributed by atoms with Gasteiger partial charge in [-0.1, -0.05) is 69.7 Å². The number of amidine groups is 1. The van der Waals surface area contributed by atoms with Gasteiger partial charge in [-0.3, -0.25) is 15.0 Å². The maximum Gasteiger partial charge on any atom is 0.247 e. The van der Waals surface area contributed by atoms with E-state index in [0.717, 1.165) is 36.6 Å². The molecule has 2 amide bonds. The Hall–Kier alpha value is -2.50. The number of halogens is 2. The molecule has 2 aliphatic heterocycles. The van der Waals surface area contributed by atoms with E-state index in [1.165, 1.54) is 10.5 Å². The van der Waals surface area contributed by atoms with Crippen molar-refractivity contribution in [2.24, 2.45) is 5.10 Å². The lowest BCUT2D eigenvalue weighted by atomic mass is 9.98. The van der Waals surface area contributed by atoms with Crippen LogP contribution in [0.1, 0.15) is 35.6 Å². The summed E-state index contributed by atoms with van der Waals surface area (Å²) < 4.78 is 2.00. The summed E-state index contributed by atoms with van der Waals surface area (Å²) in [4.78, 5) is 27.2. The van der Waals surface area contributed by atoms with Crippen molar-refractivity contribution in [3.8, 4) is 0 Å². The molecule has 5 rings (SSSR count). The van der Waals surface area contributed by atoms with E-state index in [1.54, 1.807) is 17.1 Å². The van der Waals surface area contributed by atoms with Crippen LogP contribution in [-0.2, 0) is 9.59 Å². The third-order valence-electron chi connectivity index (χ3n) is 6.20. The Balaban J connectivity index is 1.39. The Labute approximate surface area is 235 Å². The van der Waals surface area contributed by atoms with Gasteiger partial charge in [0.05, 0.1) is 17.4 Å². The van der Waals surface area contributed by atoms with Gasteiger partial charge in [0.25, 0.3) is 0 Å². The standard InChI is InChI=1S/C27H22BrIN4O2S/c1-16-2-4-17(5-3-16)22-14-23(18-6-8-19(28)9-7-18)33(31-22)27(30)36-24-15-25(34)32(26(24)35)21-12-10-20(29)11-13-21/h2-13,23-24,30H,14-15H2,1H3/t23-,24-/m1/s1. The normalized spacial score (nSPS) is 19.7. The Morgan fingerprint density at radius 2 is 1.67 bits per heavy atom. The number of thioether (sulfide) groups is 1. The summed E-state index contributed by atoms with van der Waals surface area (Å²) >= 11 is 6.77. The molecule has 0 bridgehead atoms. The molecule has 0 aromatic heterocycles. The van der Waals surface area contributed by atoms with Gasteiger partial charge in [-0.05, 0) is 77.0 Å². The first-order valence-electron chi connectivity index (χ1n) is 11.4. The summed E-state index contributed by atoms with van der Waals surface area (Å²) in [7, 11) is 0. The van der Waals surface area contributed by atoms with Crippen molar-refractivity contribution in [3.05, 3.63) is 97.5 Å². The second-order valence-electron chi connectivity index (χ2n) is 8.69. The van der Waals surface area contributed by atoms with Gasteiger partial charge in [-0.2, -0.15) is 5.10 Å². The summed E-state index contributed by atoms with van der Waals surface area (Å²) in [5.74, 6) is -0.542. The zero-order valence-corrected chi connectivity index (χ0v) is 23.9. The molecule has 0 saturated carbocycles. The highest BCUT2D eigenvalue weighted by atomic mass is 127. The average molecular weight is 673 g/mol. The first kappa shape index (κ1) is 25.2. The molecule has 0 unspecified atom stereocenters. The van der Waals surface area contributed by atoms with Gasteiger partial charge in [0, 0.05) is 20.9 Å². The molecule has 0 spiro atoms. The predicted molar refractivity (Wildman–Crippen MR) is 156 cm³/mol. The molecular formula is C27H22BrIN4O2S. The maximum atomic E-state index is 13.2. The molecule has 1 fully saturated rings. The molecule has 36 heavy (non-hydrogen) atoms. The SMILES string of the molecule is Cc1ccc(C2=NN(C(=N)S[C@@H]3CC(=O)N(c4ccc(I)cc4)C3=O)[C@@H](c3ccc(Br)cc3)C2)cc1. The van der Waals surface area contributed by atoms with Crippen LogP contribution in [0.5, 0.6) is 0 Å². The van der Waals surface area contributed by atoms with Crippen LogP contribution >= 0.6 is 50.3 Å². The molecule has 0 aliphatic carbocycles. The minimum Gasteiger partial charge on any atom is -0.277 e. The number of nitrogens with zero attached hydrogens (tertiary/aromatic N) is 3. The zero-order chi connectivity index (χ0) is 25.4. The number of imide groups is 1. The van der Waals surface area contributed by atoms with Gasteiger partial charge in [0.15, 0.2) is 5.17 Å². The summed E-state index contributed by atoms with van der Waals surface area (Å²) in [6.45, 7) is 2.04. The van der Waals surface area contributed by atoms with E-state index in [0.29, 0.717) is 12.1 Å². The molecule has 2 heterocycles. The van der Waals surface area contributed by atoms with Crippen LogP contribution < -0.4 is 4.90 Å². The number of carbonyl (C=O) groups is 2. The van der Waals surface area contributed by atoms with E-state index in [9.17, 15) is 9.59 Å². The molecule has 1 N–H and O–H groups in total. The number of hydrogen-bond acceptors (Lipinski definition) is 5. The van der Waals surface area contributed by atoms with E-state index in [-0.39, 0.29) is 29.4 Å². The van der Waals surface area contributed by atoms with Crippen LogP contribution in [0, 0.1) is 15.9 Å². The lowest BCUT2D eigenvalue weighted by Gasteiger charge is -2.24. The van der Waals surface area contributed by atoms with E-state index in [1.807, 2.05) is 55.5 Å². The smallest absolute Gasteiger partial charge is 0.247 e. The lowest BCUT2D eigenvalue weighted by Crippen LogP contribution is -2.32. The molecule has 2 aliphatic rings. The first-order valence-corrected chi connectivity index (χ1v) is 14.1. The fourth-order valence-electron chi connectivity index (χ4n) is 4.31. The number of nitrogens with one attached hydrogen (secondary N) is 1. The second kappa shape index (κ2) is 10.5. The van der Waals surface area contributed by atoms with Crippen molar-refractivity contribution < 1.29 is 9.59 Å². The van der Waals surface area contributed by atoms with Crippen molar-refractivity contribution in [2.75, 3.05) is 4.90 Å². The minimum absolute atomic E-state index is 0.0587. The van der Waals surface area contributed by atoms with Crippen LogP contribution in [0.3, 0.4) is 0 Å². The highest BCUT2D eigenvalue weighted by Gasteiger charge is 2.42. The Morgan fingerprint density at radius 1 is 1.00 bits per heavy atom. The summed E-state index contributed by atoms with van der Waals surface area (Å²) in [6, 6.07) is 23.3. The first-order chi connectivity index (χ1) is 17.3. The number of anilines is 1. The number of hydrazone groups is 1. The van der Waals surface area contributed by atoms with E-state index in [4.69, 9.17) is 10.5 Å². The fourth-order valence-corrected chi connectivity index (χ4v) is 5.91. The number of rotatable bonds is 4. The fraction of sp³-hybridized carbons (Fsp3) is 0.185. The summed E-state index contributed by atoms with van der Waals surface area (Å²) in [6.07, 6.45) is 0.698. The van der Waals surface area contributed by atoms with Gasteiger partial charge in [-0.15, -0.1) is 0 Å². The monoisotopic (exact) mass is 672 g/mol. The van der Waals surface area contributed by atoms with Gasteiger partial charge in [-0.25, -0.2) is 9.91 Å². The van der Waals surface area contributed by atoms with Gasteiger partial charge in [0.2, 0.25) is 11.8 Å². The average Bonchev–Trinajstić information content (AvgIpc) is 3.42. The number of benzene rings is 3. The Kier molecular flexibility index (Phi) is 7.32. The van der Waals surface area contributed by atoms with Crippen LogP contribution in [0.25, 0.3) is 0 Å². The van der Waals surface area contributed by atoms with Crippen molar-refractivity contribution >= 4 is 78.7 Å². The van der Waals surface area contributed by atoms with Crippen LogP contribution in [0.4, 0.5) is 5.69 Å². The topological polar surface area (TPSA) is 76.8 Å². The van der Waals surface area contributed by atoms with Crippen molar-refractivity contribution in [2.45, 2.75) is 31.1 Å². The van der Waals surface area contributed by atoms with Gasteiger partial charge < -0.3 is 0 Å².